The molecule has 8 heteroatoms. The van der Waals surface area contributed by atoms with E-state index in [1.165, 1.54) is 0 Å². The zero-order chi connectivity index (χ0) is 11.7. The molecule has 0 aliphatic carbocycles. The molecule has 2 rings (SSSR count). The molecule has 2 N–H and O–H groups in total. The number of halogens is 3. The van der Waals surface area contributed by atoms with Crippen LogP contribution < -0.4 is 5.32 Å². The molecule has 15 heavy (non-hydrogen) atoms. The Morgan fingerprint density at radius 2 is 1.87 bits per heavy atom. The molecule has 0 aromatic rings. The van der Waals surface area contributed by atoms with E-state index in [9.17, 15) is 13.2 Å². The van der Waals surface area contributed by atoms with E-state index in [1.807, 2.05) is 0 Å². The van der Waals surface area contributed by atoms with Crippen LogP contribution in [0.5, 0.6) is 0 Å². The molecule has 2 aliphatic rings. The van der Waals surface area contributed by atoms with Crippen LogP contribution in [0.25, 0.3) is 0 Å². The lowest BCUT2D eigenvalue weighted by atomic mass is 9.92. The number of alkyl halides is 3. The van der Waals surface area contributed by atoms with Gasteiger partial charge in [-0.1, -0.05) is 0 Å². The average Bonchev–Trinajstić information content (AvgIpc) is 2.62. The van der Waals surface area contributed by atoms with Crippen LogP contribution in [0.4, 0.5) is 13.2 Å². The minimum Gasteiger partial charge on any atom is -0.475 e. The Labute approximate surface area is 83.4 Å². The topological polar surface area (TPSA) is 74.0 Å². The fourth-order valence-electron chi connectivity index (χ4n) is 0.918. The molecule has 0 spiro atoms. The highest BCUT2D eigenvalue weighted by molar-refractivity contribution is 5.73. The smallest absolute Gasteiger partial charge is 0.475 e. The second-order valence-electron chi connectivity index (χ2n) is 3.45. The van der Waals surface area contributed by atoms with Gasteiger partial charge in [0.1, 0.15) is 0 Å². The Hall–Kier alpha value is -1.18. The maximum absolute atomic E-state index is 10.6. The zero-order valence-corrected chi connectivity index (χ0v) is 7.88. The van der Waals surface area contributed by atoms with Crippen molar-refractivity contribution < 1.29 is 23.1 Å². The van der Waals surface area contributed by atoms with Crippen molar-refractivity contribution in [1.82, 2.24) is 5.32 Å². The molecule has 2 aliphatic heterocycles. The number of aliphatic carboxylic acids is 1. The Morgan fingerprint density at radius 3 is 1.93 bits per heavy atom. The molecular weight excluding hydrogens is 215 g/mol. The lowest BCUT2D eigenvalue weighted by Crippen LogP contribution is -2.49. The second-order valence-corrected chi connectivity index (χ2v) is 3.45. The molecule has 1 saturated heterocycles. The molecule has 0 aromatic heterocycles. The van der Waals surface area contributed by atoms with Crippen molar-refractivity contribution in [1.29, 1.82) is 0 Å². The summed E-state index contributed by atoms with van der Waals surface area (Å²) in [6, 6.07) is 0. The molecule has 0 radical (unpaired) electrons. The summed E-state index contributed by atoms with van der Waals surface area (Å²) in [5, 5.41) is 18.2. The van der Waals surface area contributed by atoms with E-state index in [1.54, 1.807) is 0 Å². The molecule has 0 saturated carbocycles. The quantitative estimate of drug-likeness (QED) is 0.699. The number of hydrogen-bond donors (Lipinski definition) is 2. The first-order valence-corrected chi connectivity index (χ1v) is 4.20. The molecule has 0 amide bonds. The lowest BCUT2D eigenvalue weighted by molar-refractivity contribution is -0.192. The van der Waals surface area contributed by atoms with Gasteiger partial charge in [-0.3, -0.25) is 0 Å². The van der Waals surface area contributed by atoms with Gasteiger partial charge in [0.05, 0.1) is 0 Å². The monoisotopic (exact) mass is 225 g/mol. The summed E-state index contributed by atoms with van der Waals surface area (Å²) >= 11 is 0. The summed E-state index contributed by atoms with van der Waals surface area (Å²) in [5.74, 6) is -2.06. The third-order valence-electron chi connectivity index (χ3n) is 2.21. The highest BCUT2D eigenvalue weighted by Crippen LogP contribution is 2.37. The second kappa shape index (κ2) is 3.76. The summed E-state index contributed by atoms with van der Waals surface area (Å²) in [6.07, 6.45) is -5.08. The Balaban J connectivity index is 0.000000153. The normalized spacial score (nSPS) is 22.4. The molecule has 2 heterocycles. The fraction of sp³-hybridized carbons (Fsp3) is 0.857. The maximum Gasteiger partial charge on any atom is 0.490 e. The minimum absolute atomic E-state index is 0.0330. The van der Waals surface area contributed by atoms with E-state index < -0.39 is 12.1 Å². The van der Waals surface area contributed by atoms with Gasteiger partial charge >= 0.3 is 12.1 Å². The predicted octanol–water partition coefficient (Wildman–Crippen LogP) is 1.02. The number of nitrogens with one attached hydrogen (secondary N) is 1. The van der Waals surface area contributed by atoms with Crippen LogP contribution in [0.1, 0.15) is 6.92 Å². The highest BCUT2D eigenvalue weighted by atomic mass is 19.4. The molecule has 86 valence electrons. The number of hydrogen-bond acceptors (Lipinski definition) is 4. The van der Waals surface area contributed by atoms with Gasteiger partial charge in [-0.25, -0.2) is 4.79 Å². The van der Waals surface area contributed by atoms with E-state index in [4.69, 9.17) is 9.90 Å². The van der Waals surface area contributed by atoms with E-state index in [0.29, 0.717) is 5.92 Å². The molecule has 0 bridgehead atoms. The number of rotatable bonds is 1. The van der Waals surface area contributed by atoms with Crippen molar-refractivity contribution in [3.05, 3.63) is 0 Å². The van der Waals surface area contributed by atoms with Crippen molar-refractivity contribution in [2.75, 3.05) is 13.1 Å². The fourth-order valence-corrected chi connectivity index (χ4v) is 0.918. The highest BCUT2D eigenvalue weighted by Gasteiger charge is 2.45. The molecule has 0 atom stereocenters. The molecule has 0 unspecified atom stereocenters. The third-order valence-corrected chi connectivity index (χ3v) is 2.21. The first kappa shape index (κ1) is 11.9. The van der Waals surface area contributed by atoms with Crippen LogP contribution in [-0.4, -0.2) is 36.0 Å². The van der Waals surface area contributed by atoms with Crippen LogP contribution >= 0.6 is 0 Å². The van der Waals surface area contributed by atoms with Gasteiger partial charge in [0.25, 0.3) is 0 Å². The standard InChI is InChI=1S/C5H9N3.C2HF3O2/c1-5(7-8-5)4-2-6-3-4;3-2(4,5)1(6)7/h4,6H,2-3H2,1H3;(H,6,7). The van der Waals surface area contributed by atoms with Crippen molar-refractivity contribution in [2.24, 2.45) is 16.1 Å². The predicted molar refractivity (Wildman–Crippen MR) is 43.3 cm³/mol. The van der Waals surface area contributed by atoms with Crippen LogP contribution in [0, 0.1) is 5.92 Å². The van der Waals surface area contributed by atoms with E-state index >= 15 is 0 Å². The van der Waals surface area contributed by atoms with Crippen molar-refractivity contribution >= 4 is 5.97 Å². The lowest BCUT2D eigenvalue weighted by Gasteiger charge is -2.28. The average molecular weight is 225 g/mol. The Bertz CT molecular complexity index is 280. The van der Waals surface area contributed by atoms with E-state index in [-0.39, 0.29) is 5.66 Å². The van der Waals surface area contributed by atoms with Gasteiger partial charge in [-0.2, -0.15) is 23.4 Å². The zero-order valence-electron chi connectivity index (χ0n) is 7.88. The van der Waals surface area contributed by atoms with Crippen LogP contribution in [0.15, 0.2) is 10.2 Å². The number of carboxylic acid groups (broad SMARTS) is 1. The van der Waals surface area contributed by atoms with E-state index in [0.717, 1.165) is 13.1 Å². The van der Waals surface area contributed by atoms with Crippen molar-refractivity contribution in [3.8, 4) is 0 Å². The molecule has 0 aromatic carbocycles. The van der Waals surface area contributed by atoms with Gasteiger partial charge < -0.3 is 10.4 Å². The van der Waals surface area contributed by atoms with Crippen LogP contribution in [0.2, 0.25) is 0 Å². The summed E-state index contributed by atoms with van der Waals surface area (Å²) in [4.78, 5) is 8.90. The van der Waals surface area contributed by atoms with Crippen LogP contribution in [-0.2, 0) is 4.79 Å². The summed E-state index contributed by atoms with van der Waals surface area (Å²) in [7, 11) is 0. The Kier molecular flexibility index (Phi) is 2.98. The van der Waals surface area contributed by atoms with Gasteiger partial charge in [0, 0.05) is 19.0 Å². The summed E-state index contributed by atoms with van der Waals surface area (Å²) in [6.45, 7) is 4.28. The van der Waals surface area contributed by atoms with Gasteiger partial charge in [-0.05, 0) is 6.92 Å². The van der Waals surface area contributed by atoms with E-state index in [2.05, 4.69) is 22.5 Å². The number of carboxylic acids is 1. The first-order valence-electron chi connectivity index (χ1n) is 4.20. The largest absolute Gasteiger partial charge is 0.490 e. The molecule has 5 nitrogen and oxygen atoms in total. The maximum atomic E-state index is 10.6. The Morgan fingerprint density at radius 1 is 1.47 bits per heavy atom. The van der Waals surface area contributed by atoms with Gasteiger partial charge in [0.2, 0.25) is 0 Å². The van der Waals surface area contributed by atoms with Crippen molar-refractivity contribution in [3.63, 3.8) is 0 Å². The number of nitrogens with zero attached hydrogens (tertiary/aromatic N) is 2. The van der Waals surface area contributed by atoms with Gasteiger partial charge in [0.15, 0.2) is 5.66 Å². The van der Waals surface area contributed by atoms with Gasteiger partial charge in [-0.15, -0.1) is 0 Å². The summed E-state index contributed by atoms with van der Waals surface area (Å²) in [5.41, 5.74) is 0.0330. The number of carbonyl (C=O) groups is 1. The summed E-state index contributed by atoms with van der Waals surface area (Å²) < 4.78 is 31.7. The third kappa shape index (κ3) is 3.15. The minimum atomic E-state index is -5.08. The SMILES string of the molecule is CC1(C2CNC2)N=N1.O=C(O)C(F)(F)F. The molecule has 1 fully saturated rings. The molecular formula is C7H10F3N3O2. The van der Waals surface area contributed by atoms with Crippen molar-refractivity contribution in [2.45, 2.75) is 18.8 Å². The van der Waals surface area contributed by atoms with Crippen LogP contribution in [0.3, 0.4) is 0 Å². The first-order chi connectivity index (χ1) is 6.76.